The minimum absolute atomic E-state index is 0.188. The van der Waals surface area contributed by atoms with Crippen LogP contribution in [0.3, 0.4) is 0 Å². The van der Waals surface area contributed by atoms with Gasteiger partial charge in [-0.1, -0.05) is 35.3 Å². The normalized spacial score (nSPS) is 11.8. The summed E-state index contributed by atoms with van der Waals surface area (Å²) in [6, 6.07) is 11.7. The smallest absolute Gasteiger partial charge is 0.319 e. The maximum atomic E-state index is 12.0. The Hall–Kier alpha value is -1.91. The number of nitrogens with one attached hydrogen (secondary N) is 2. The summed E-state index contributed by atoms with van der Waals surface area (Å²) in [4.78, 5) is 12.0. The lowest BCUT2D eigenvalue weighted by molar-refractivity contribution is 0.249. The van der Waals surface area contributed by atoms with Gasteiger partial charge in [0.05, 0.1) is 16.8 Å². The summed E-state index contributed by atoms with van der Waals surface area (Å²) in [5.41, 5.74) is 7.76. The monoisotopic (exact) mass is 323 g/mol. The SMILES string of the molecule is CC(NC(=O)Nc1cc(Cl)ccc1Cl)c1cccc(N)c1. The van der Waals surface area contributed by atoms with Crippen molar-refractivity contribution in [3.63, 3.8) is 0 Å². The van der Waals surface area contributed by atoms with Crippen molar-refractivity contribution in [1.29, 1.82) is 0 Å². The molecule has 0 heterocycles. The van der Waals surface area contributed by atoms with Gasteiger partial charge in [0.25, 0.3) is 0 Å². The van der Waals surface area contributed by atoms with Gasteiger partial charge < -0.3 is 16.4 Å². The number of nitrogens with two attached hydrogens (primary N) is 1. The molecule has 2 aromatic carbocycles. The molecule has 0 saturated carbocycles. The van der Waals surface area contributed by atoms with Gasteiger partial charge in [-0.2, -0.15) is 0 Å². The number of urea groups is 1. The highest BCUT2D eigenvalue weighted by atomic mass is 35.5. The molecule has 0 radical (unpaired) electrons. The molecule has 0 spiro atoms. The summed E-state index contributed by atoms with van der Waals surface area (Å²) in [6.45, 7) is 1.87. The van der Waals surface area contributed by atoms with Crippen molar-refractivity contribution >= 4 is 40.6 Å². The molecule has 4 N–H and O–H groups in total. The molecule has 0 saturated heterocycles. The minimum atomic E-state index is -0.367. The Morgan fingerprint density at radius 2 is 1.95 bits per heavy atom. The molecule has 0 aliphatic carbocycles. The molecule has 0 aliphatic heterocycles. The fourth-order valence-electron chi connectivity index (χ4n) is 1.86. The van der Waals surface area contributed by atoms with Crippen LogP contribution in [0.15, 0.2) is 42.5 Å². The van der Waals surface area contributed by atoms with Gasteiger partial charge in [-0.15, -0.1) is 0 Å². The van der Waals surface area contributed by atoms with Gasteiger partial charge >= 0.3 is 6.03 Å². The zero-order valence-corrected chi connectivity index (χ0v) is 12.9. The first-order valence-electron chi connectivity index (χ1n) is 6.33. The topological polar surface area (TPSA) is 67.2 Å². The maximum absolute atomic E-state index is 12.0. The van der Waals surface area contributed by atoms with E-state index in [9.17, 15) is 4.79 Å². The molecule has 4 nitrogen and oxygen atoms in total. The number of amides is 2. The van der Waals surface area contributed by atoms with Crippen LogP contribution in [0.5, 0.6) is 0 Å². The zero-order chi connectivity index (χ0) is 15.4. The first kappa shape index (κ1) is 15.5. The van der Waals surface area contributed by atoms with Crippen LogP contribution in [0.1, 0.15) is 18.5 Å². The van der Waals surface area contributed by atoms with Gasteiger partial charge in [0.2, 0.25) is 0 Å². The summed E-state index contributed by atoms with van der Waals surface area (Å²) in [7, 11) is 0. The van der Waals surface area contributed by atoms with Crippen LogP contribution < -0.4 is 16.4 Å². The number of nitrogen functional groups attached to an aromatic ring is 1. The average Bonchev–Trinajstić information content (AvgIpc) is 2.42. The van der Waals surface area contributed by atoms with E-state index >= 15 is 0 Å². The van der Waals surface area contributed by atoms with Gasteiger partial charge in [-0.3, -0.25) is 0 Å². The van der Waals surface area contributed by atoms with Crippen molar-refractivity contribution < 1.29 is 4.79 Å². The van der Waals surface area contributed by atoms with Crippen LogP contribution >= 0.6 is 23.2 Å². The van der Waals surface area contributed by atoms with Gasteiger partial charge in [-0.05, 0) is 42.8 Å². The minimum Gasteiger partial charge on any atom is -0.399 e. The third-order valence-corrected chi connectivity index (χ3v) is 3.50. The van der Waals surface area contributed by atoms with Gasteiger partial charge in [0.1, 0.15) is 0 Å². The molecular formula is C15H15Cl2N3O. The summed E-state index contributed by atoms with van der Waals surface area (Å²) in [6.07, 6.45) is 0. The fraction of sp³-hybridized carbons (Fsp3) is 0.133. The van der Waals surface area contributed by atoms with E-state index in [4.69, 9.17) is 28.9 Å². The summed E-state index contributed by atoms with van der Waals surface area (Å²) in [5, 5.41) is 6.40. The van der Waals surface area contributed by atoms with Crippen molar-refractivity contribution in [2.75, 3.05) is 11.1 Å². The van der Waals surface area contributed by atoms with Crippen LogP contribution in [0, 0.1) is 0 Å². The summed E-state index contributed by atoms with van der Waals surface area (Å²) in [5.74, 6) is 0. The molecule has 0 bridgehead atoms. The van der Waals surface area contributed by atoms with E-state index in [0.29, 0.717) is 21.4 Å². The van der Waals surface area contributed by atoms with Crippen LogP contribution in [0.25, 0.3) is 0 Å². The first-order chi connectivity index (χ1) is 9.95. The Morgan fingerprint density at radius 1 is 1.19 bits per heavy atom. The van der Waals surface area contributed by atoms with Gasteiger partial charge in [-0.25, -0.2) is 4.79 Å². The van der Waals surface area contributed by atoms with E-state index in [2.05, 4.69) is 10.6 Å². The highest BCUT2D eigenvalue weighted by molar-refractivity contribution is 6.35. The molecule has 110 valence electrons. The van der Waals surface area contributed by atoms with Gasteiger partial charge in [0, 0.05) is 10.7 Å². The number of carbonyl (C=O) groups excluding carboxylic acids is 1. The average molecular weight is 324 g/mol. The Kier molecular flexibility index (Phi) is 4.94. The molecule has 21 heavy (non-hydrogen) atoms. The number of anilines is 2. The van der Waals surface area contributed by atoms with E-state index < -0.39 is 0 Å². The number of carbonyl (C=O) groups is 1. The standard InChI is InChI=1S/C15H15Cl2N3O/c1-9(10-3-2-4-12(18)7-10)19-15(21)20-14-8-11(16)5-6-13(14)17/h2-9H,18H2,1H3,(H2,19,20,21). The second-order valence-electron chi connectivity index (χ2n) is 4.61. The lowest BCUT2D eigenvalue weighted by Gasteiger charge is -2.16. The lowest BCUT2D eigenvalue weighted by Crippen LogP contribution is -2.31. The Morgan fingerprint density at radius 3 is 2.67 bits per heavy atom. The number of hydrogen-bond acceptors (Lipinski definition) is 2. The summed E-state index contributed by atoms with van der Waals surface area (Å²) >= 11 is 11.9. The zero-order valence-electron chi connectivity index (χ0n) is 11.4. The quantitative estimate of drug-likeness (QED) is 0.730. The van der Waals surface area contributed by atoms with E-state index in [0.717, 1.165) is 5.56 Å². The van der Waals surface area contributed by atoms with E-state index in [1.807, 2.05) is 25.1 Å². The first-order valence-corrected chi connectivity index (χ1v) is 7.09. The van der Waals surface area contributed by atoms with Crippen LogP contribution in [0.4, 0.5) is 16.2 Å². The molecule has 0 fully saturated rings. The molecule has 6 heteroatoms. The highest BCUT2D eigenvalue weighted by Gasteiger charge is 2.11. The third-order valence-electron chi connectivity index (χ3n) is 2.93. The number of halogens is 2. The third kappa shape index (κ3) is 4.28. The fourth-order valence-corrected chi connectivity index (χ4v) is 2.20. The molecule has 1 atom stereocenters. The van der Waals surface area contributed by atoms with Crippen LogP contribution in [-0.4, -0.2) is 6.03 Å². The number of rotatable bonds is 3. The van der Waals surface area contributed by atoms with Crippen molar-refractivity contribution in [3.05, 3.63) is 58.1 Å². The van der Waals surface area contributed by atoms with Crippen molar-refractivity contribution in [1.82, 2.24) is 5.32 Å². The number of hydrogen-bond donors (Lipinski definition) is 3. The number of benzene rings is 2. The molecule has 1 unspecified atom stereocenters. The van der Waals surface area contributed by atoms with Crippen LogP contribution in [0.2, 0.25) is 10.0 Å². The van der Waals surface area contributed by atoms with Crippen molar-refractivity contribution in [2.24, 2.45) is 0 Å². The molecule has 2 aromatic rings. The molecule has 2 rings (SSSR count). The van der Waals surface area contributed by atoms with Gasteiger partial charge in [0.15, 0.2) is 0 Å². The van der Waals surface area contributed by atoms with E-state index in [1.54, 1.807) is 24.3 Å². The molecule has 0 aromatic heterocycles. The predicted octanol–water partition coefficient (Wildman–Crippen LogP) is 4.46. The Balaban J connectivity index is 2.03. The maximum Gasteiger partial charge on any atom is 0.319 e. The molecule has 2 amide bonds. The Labute approximate surface area is 133 Å². The molecule has 0 aliphatic rings. The predicted molar refractivity (Wildman–Crippen MR) is 87.9 cm³/mol. The largest absolute Gasteiger partial charge is 0.399 e. The summed E-state index contributed by atoms with van der Waals surface area (Å²) < 4.78 is 0. The van der Waals surface area contributed by atoms with Crippen LogP contribution in [-0.2, 0) is 0 Å². The highest BCUT2D eigenvalue weighted by Crippen LogP contribution is 2.25. The molecular weight excluding hydrogens is 309 g/mol. The van der Waals surface area contributed by atoms with Crippen molar-refractivity contribution in [3.8, 4) is 0 Å². The Bertz CT molecular complexity index is 661. The lowest BCUT2D eigenvalue weighted by atomic mass is 10.1. The van der Waals surface area contributed by atoms with Crippen molar-refractivity contribution in [2.45, 2.75) is 13.0 Å². The second kappa shape index (κ2) is 6.70. The van der Waals surface area contributed by atoms with E-state index in [-0.39, 0.29) is 12.1 Å². The second-order valence-corrected chi connectivity index (χ2v) is 5.46. The van der Waals surface area contributed by atoms with E-state index in [1.165, 1.54) is 0 Å².